The summed E-state index contributed by atoms with van der Waals surface area (Å²) in [7, 11) is 0. The maximum Gasteiger partial charge on any atom is 0.0620 e. The fraction of sp³-hybridized carbons (Fsp3) is 0.667. The molecule has 8 heavy (non-hydrogen) atoms. The molecule has 0 atom stereocenters. The molecule has 0 aromatic carbocycles. The first-order valence-corrected chi connectivity index (χ1v) is 3.05. The van der Waals surface area contributed by atoms with Crippen molar-refractivity contribution in [3.63, 3.8) is 0 Å². The monoisotopic (exact) mass is 110 g/mol. The minimum atomic E-state index is 0.375. The Morgan fingerprint density at radius 3 is 2.50 bits per heavy atom. The van der Waals surface area contributed by atoms with Crippen LogP contribution in [0.2, 0.25) is 0 Å². The Balaban J connectivity index is 2.13. The molecule has 0 radical (unpaired) electrons. The Bertz CT molecular complexity index is 124. The third-order valence-electron chi connectivity index (χ3n) is 1.89. The molecule has 0 aromatic heterocycles. The van der Waals surface area contributed by atoms with Crippen LogP contribution in [0.25, 0.3) is 0 Å². The summed E-state index contributed by atoms with van der Waals surface area (Å²) in [6.45, 7) is 3.29. The van der Waals surface area contributed by atoms with E-state index in [0.29, 0.717) is 5.54 Å². The van der Waals surface area contributed by atoms with Gasteiger partial charge in [0.2, 0.25) is 0 Å². The highest BCUT2D eigenvalue weighted by molar-refractivity contribution is 5.20. The Morgan fingerprint density at radius 2 is 2.25 bits per heavy atom. The zero-order chi connectivity index (χ0) is 5.45. The molecular weight excluding hydrogens is 100 g/mol. The molecular formula is C6H10N2. The van der Waals surface area contributed by atoms with E-state index in [1.54, 1.807) is 0 Å². The van der Waals surface area contributed by atoms with Crippen LogP contribution in [-0.4, -0.2) is 25.2 Å². The molecule has 2 heteroatoms. The van der Waals surface area contributed by atoms with Crippen LogP contribution in [0.3, 0.4) is 0 Å². The van der Waals surface area contributed by atoms with Crippen molar-refractivity contribution < 1.29 is 0 Å². The Kier molecular flexibility index (Phi) is 0.754. The van der Waals surface area contributed by atoms with Gasteiger partial charge in [-0.1, -0.05) is 12.2 Å². The van der Waals surface area contributed by atoms with E-state index in [0.717, 1.165) is 19.6 Å². The maximum absolute atomic E-state index is 3.40. The first-order valence-electron chi connectivity index (χ1n) is 3.05. The van der Waals surface area contributed by atoms with Crippen LogP contribution >= 0.6 is 0 Å². The van der Waals surface area contributed by atoms with Crippen molar-refractivity contribution in [1.29, 1.82) is 0 Å². The van der Waals surface area contributed by atoms with Crippen molar-refractivity contribution in [3.05, 3.63) is 12.2 Å². The van der Waals surface area contributed by atoms with Crippen LogP contribution < -0.4 is 10.6 Å². The van der Waals surface area contributed by atoms with E-state index in [1.807, 2.05) is 0 Å². The summed E-state index contributed by atoms with van der Waals surface area (Å²) in [4.78, 5) is 0. The second-order valence-corrected chi connectivity index (χ2v) is 2.54. The predicted molar refractivity (Wildman–Crippen MR) is 32.7 cm³/mol. The molecule has 0 aromatic rings. The van der Waals surface area contributed by atoms with Crippen molar-refractivity contribution in [2.24, 2.45) is 0 Å². The van der Waals surface area contributed by atoms with Gasteiger partial charge in [0.15, 0.2) is 0 Å². The highest BCUT2D eigenvalue weighted by Crippen LogP contribution is 2.15. The molecule has 2 nitrogen and oxygen atoms in total. The van der Waals surface area contributed by atoms with Crippen LogP contribution in [0, 0.1) is 0 Å². The van der Waals surface area contributed by atoms with E-state index in [1.165, 1.54) is 0 Å². The van der Waals surface area contributed by atoms with Gasteiger partial charge in [0.25, 0.3) is 0 Å². The summed E-state index contributed by atoms with van der Waals surface area (Å²) in [5, 5.41) is 6.63. The van der Waals surface area contributed by atoms with Gasteiger partial charge in [0, 0.05) is 19.6 Å². The van der Waals surface area contributed by atoms with Crippen LogP contribution in [0.1, 0.15) is 0 Å². The normalized spacial score (nSPS) is 31.0. The molecule has 0 bridgehead atoms. The van der Waals surface area contributed by atoms with E-state index < -0.39 is 0 Å². The van der Waals surface area contributed by atoms with Gasteiger partial charge < -0.3 is 10.6 Å². The largest absolute Gasteiger partial charge is 0.312 e. The van der Waals surface area contributed by atoms with E-state index in [9.17, 15) is 0 Å². The summed E-state index contributed by atoms with van der Waals surface area (Å²) < 4.78 is 0. The highest BCUT2D eigenvalue weighted by atomic mass is 15.1. The first-order chi connectivity index (χ1) is 3.91. The Labute approximate surface area is 49.0 Å². The molecule has 1 spiro atoms. The molecule has 0 aliphatic carbocycles. The van der Waals surface area contributed by atoms with Gasteiger partial charge in [-0.2, -0.15) is 0 Å². The standard InChI is InChI=1S/C6H10N2/c1-2-6(8-3-1)4-7-5-6/h1-2,7-8H,3-5H2. The second kappa shape index (κ2) is 1.33. The molecule has 2 aliphatic rings. The molecule has 0 saturated carbocycles. The Morgan fingerprint density at radius 1 is 1.38 bits per heavy atom. The second-order valence-electron chi connectivity index (χ2n) is 2.54. The number of rotatable bonds is 0. The van der Waals surface area contributed by atoms with Gasteiger partial charge in [-0.05, 0) is 0 Å². The molecule has 2 heterocycles. The Hall–Kier alpha value is -0.340. The zero-order valence-corrected chi connectivity index (χ0v) is 4.78. The summed E-state index contributed by atoms with van der Waals surface area (Å²) >= 11 is 0. The molecule has 1 saturated heterocycles. The van der Waals surface area contributed by atoms with Crippen molar-refractivity contribution in [2.75, 3.05) is 19.6 Å². The number of nitrogens with one attached hydrogen (secondary N) is 2. The van der Waals surface area contributed by atoms with Crippen molar-refractivity contribution in [3.8, 4) is 0 Å². The SMILES string of the molecule is C1=CC2(CNC2)NC1. The summed E-state index contributed by atoms with van der Waals surface area (Å²) in [6.07, 6.45) is 4.46. The van der Waals surface area contributed by atoms with Gasteiger partial charge in [-0.25, -0.2) is 0 Å². The molecule has 44 valence electrons. The van der Waals surface area contributed by atoms with Crippen molar-refractivity contribution in [1.82, 2.24) is 10.6 Å². The fourth-order valence-corrected chi connectivity index (χ4v) is 1.24. The van der Waals surface area contributed by atoms with Crippen molar-refractivity contribution >= 4 is 0 Å². The van der Waals surface area contributed by atoms with Crippen LogP contribution in [0.5, 0.6) is 0 Å². The van der Waals surface area contributed by atoms with E-state index in [2.05, 4.69) is 22.8 Å². The highest BCUT2D eigenvalue weighted by Gasteiger charge is 2.35. The third-order valence-corrected chi connectivity index (χ3v) is 1.89. The van der Waals surface area contributed by atoms with Crippen LogP contribution in [0.4, 0.5) is 0 Å². The molecule has 1 fully saturated rings. The van der Waals surface area contributed by atoms with Gasteiger partial charge >= 0.3 is 0 Å². The lowest BCUT2D eigenvalue weighted by Crippen LogP contribution is -2.64. The van der Waals surface area contributed by atoms with E-state index in [-0.39, 0.29) is 0 Å². The molecule has 0 amide bonds. The lowest BCUT2D eigenvalue weighted by molar-refractivity contribution is 0.299. The fourth-order valence-electron chi connectivity index (χ4n) is 1.24. The lowest BCUT2D eigenvalue weighted by atomic mass is 9.95. The topological polar surface area (TPSA) is 24.1 Å². The average molecular weight is 110 g/mol. The predicted octanol–water partition coefficient (Wildman–Crippen LogP) is -0.512. The average Bonchev–Trinajstić information content (AvgIpc) is 2.07. The molecule has 2 rings (SSSR count). The van der Waals surface area contributed by atoms with Crippen LogP contribution in [-0.2, 0) is 0 Å². The number of hydrogen-bond donors (Lipinski definition) is 2. The van der Waals surface area contributed by atoms with Gasteiger partial charge in [-0.3, -0.25) is 0 Å². The summed E-state index contributed by atoms with van der Waals surface area (Å²) in [6, 6.07) is 0. The smallest absolute Gasteiger partial charge is 0.0620 e. The van der Waals surface area contributed by atoms with Gasteiger partial charge in [-0.15, -0.1) is 0 Å². The van der Waals surface area contributed by atoms with E-state index in [4.69, 9.17) is 0 Å². The van der Waals surface area contributed by atoms with E-state index >= 15 is 0 Å². The number of hydrogen-bond acceptors (Lipinski definition) is 2. The van der Waals surface area contributed by atoms with Crippen molar-refractivity contribution in [2.45, 2.75) is 5.54 Å². The van der Waals surface area contributed by atoms with Crippen LogP contribution in [0.15, 0.2) is 12.2 Å². The van der Waals surface area contributed by atoms with Gasteiger partial charge in [0.1, 0.15) is 0 Å². The quantitative estimate of drug-likeness (QED) is 0.410. The first kappa shape index (κ1) is 4.53. The summed E-state index contributed by atoms with van der Waals surface area (Å²) in [5.41, 5.74) is 0.375. The minimum Gasteiger partial charge on any atom is -0.312 e. The lowest BCUT2D eigenvalue weighted by Gasteiger charge is -2.38. The molecule has 2 aliphatic heterocycles. The summed E-state index contributed by atoms with van der Waals surface area (Å²) in [5.74, 6) is 0. The molecule has 2 N–H and O–H groups in total. The third kappa shape index (κ3) is 0.443. The maximum atomic E-state index is 3.40. The molecule has 0 unspecified atom stereocenters. The zero-order valence-electron chi connectivity index (χ0n) is 4.78. The van der Waals surface area contributed by atoms with Gasteiger partial charge in [0.05, 0.1) is 5.54 Å². The minimum absolute atomic E-state index is 0.375.